The third kappa shape index (κ3) is 5.27. The molecule has 1 amide bonds. The Hall–Kier alpha value is -2.68. The zero-order valence-corrected chi connectivity index (χ0v) is 17.6. The first-order valence-electron chi connectivity index (χ1n) is 10.1. The van der Waals surface area contributed by atoms with Crippen molar-refractivity contribution in [3.63, 3.8) is 0 Å². The standard InChI is InChI=1S/C22H25N5O2S/c28-20(23-11-12-26-13-15-29-16-14-26)17-30-22-25-24-21(18-7-3-1-4-8-18)27(22)19-9-5-2-6-10-19/h1-10H,11-17H2,(H,23,28). The number of nitrogens with zero attached hydrogens (tertiary/aromatic N) is 4. The molecule has 0 saturated carbocycles. The summed E-state index contributed by atoms with van der Waals surface area (Å²) in [5.41, 5.74) is 1.95. The summed E-state index contributed by atoms with van der Waals surface area (Å²) in [6.07, 6.45) is 0. The summed E-state index contributed by atoms with van der Waals surface area (Å²) >= 11 is 1.40. The second-order valence-electron chi connectivity index (χ2n) is 6.94. The number of thioether (sulfide) groups is 1. The van der Waals surface area contributed by atoms with Gasteiger partial charge in [0.25, 0.3) is 0 Å². The fraction of sp³-hybridized carbons (Fsp3) is 0.318. The molecule has 1 aromatic heterocycles. The molecule has 156 valence electrons. The number of morpholine rings is 1. The highest BCUT2D eigenvalue weighted by Crippen LogP contribution is 2.27. The zero-order chi connectivity index (χ0) is 20.6. The molecular weight excluding hydrogens is 398 g/mol. The van der Waals surface area contributed by atoms with Crippen LogP contribution in [0.15, 0.2) is 65.8 Å². The Morgan fingerprint density at radius 3 is 2.43 bits per heavy atom. The van der Waals surface area contributed by atoms with E-state index in [9.17, 15) is 4.79 Å². The fourth-order valence-electron chi connectivity index (χ4n) is 3.31. The largest absolute Gasteiger partial charge is 0.379 e. The maximum absolute atomic E-state index is 12.4. The van der Waals surface area contributed by atoms with Crippen LogP contribution in [0.2, 0.25) is 0 Å². The third-order valence-corrected chi connectivity index (χ3v) is 5.79. The van der Waals surface area contributed by atoms with Crippen molar-refractivity contribution in [3.05, 3.63) is 60.7 Å². The van der Waals surface area contributed by atoms with Crippen molar-refractivity contribution in [2.24, 2.45) is 0 Å². The van der Waals surface area contributed by atoms with E-state index < -0.39 is 0 Å². The highest BCUT2D eigenvalue weighted by atomic mass is 32.2. The quantitative estimate of drug-likeness (QED) is 0.561. The molecule has 4 rings (SSSR count). The van der Waals surface area contributed by atoms with Crippen LogP contribution in [0.4, 0.5) is 0 Å². The number of benzene rings is 2. The Balaban J connectivity index is 1.41. The molecule has 0 aliphatic carbocycles. The number of rotatable bonds is 8. The fourth-order valence-corrected chi connectivity index (χ4v) is 4.09. The topological polar surface area (TPSA) is 72.3 Å². The lowest BCUT2D eigenvalue weighted by Gasteiger charge is -2.26. The van der Waals surface area contributed by atoms with Crippen molar-refractivity contribution < 1.29 is 9.53 Å². The van der Waals surface area contributed by atoms with E-state index in [4.69, 9.17) is 4.74 Å². The van der Waals surface area contributed by atoms with Gasteiger partial charge in [0, 0.05) is 37.4 Å². The van der Waals surface area contributed by atoms with Crippen molar-refractivity contribution in [2.45, 2.75) is 5.16 Å². The molecule has 3 aromatic rings. The van der Waals surface area contributed by atoms with E-state index in [1.165, 1.54) is 11.8 Å². The van der Waals surface area contributed by atoms with Crippen molar-refractivity contribution in [1.82, 2.24) is 25.0 Å². The minimum absolute atomic E-state index is 0.00266. The van der Waals surface area contributed by atoms with Gasteiger partial charge in [-0.05, 0) is 12.1 Å². The highest BCUT2D eigenvalue weighted by molar-refractivity contribution is 7.99. The van der Waals surface area contributed by atoms with E-state index in [-0.39, 0.29) is 5.91 Å². The molecule has 2 aromatic carbocycles. The number of carbonyl (C=O) groups is 1. The average Bonchev–Trinajstić information content (AvgIpc) is 3.23. The maximum atomic E-state index is 12.4. The second kappa shape index (κ2) is 10.4. The van der Waals surface area contributed by atoms with Crippen molar-refractivity contribution in [3.8, 4) is 17.1 Å². The minimum Gasteiger partial charge on any atom is -0.379 e. The summed E-state index contributed by atoms with van der Waals surface area (Å²) in [7, 11) is 0. The normalized spacial score (nSPS) is 14.5. The van der Waals surface area contributed by atoms with E-state index in [1.807, 2.05) is 65.2 Å². The van der Waals surface area contributed by atoms with E-state index in [0.29, 0.717) is 17.5 Å². The molecule has 0 spiro atoms. The molecule has 8 heteroatoms. The predicted molar refractivity (Wildman–Crippen MR) is 118 cm³/mol. The molecule has 0 unspecified atom stereocenters. The highest BCUT2D eigenvalue weighted by Gasteiger charge is 2.17. The Kier molecular flexibility index (Phi) is 7.12. The molecule has 0 atom stereocenters. The van der Waals surface area contributed by atoms with Gasteiger partial charge in [-0.3, -0.25) is 14.3 Å². The van der Waals surface area contributed by atoms with Gasteiger partial charge in [0.2, 0.25) is 5.91 Å². The second-order valence-corrected chi connectivity index (χ2v) is 7.88. The van der Waals surface area contributed by atoms with Gasteiger partial charge in [0.15, 0.2) is 11.0 Å². The van der Waals surface area contributed by atoms with E-state index >= 15 is 0 Å². The van der Waals surface area contributed by atoms with Crippen molar-refractivity contribution in [2.75, 3.05) is 45.1 Å². The molecule has 7 nitrogen and oxygen atoms in total. The molecular formula is C22H25N5O2S. The number of amides is 1. The van der Waals surface area contributed by atoms with Crippen molar-refractivity contribution in [1.29, 1.82) is 0 Å². The minimum atomic E-state index is -0.00266. The summed E-state index contributed by atoms with van der Waals surface area (Å²) in [5, 5.41) is 12.5. The summed E-state index contributed by atoms with van der Waals surface area (Å²) < 4.78 is 7.35. The van der Waals surface area contributed by atoms with Gasteiger partial charge in [-0.15, -0.1) is 10.2 Å². The molecule has 0 radical (unpaired) electrons. The Labute approximate surface area is 180 Å². The Bertz CT molecular complexity index is 943. The number of hydrogen-bond donors (Lipinski definition) is 1. The number of hydrogen-bond acceptors (Lipinski definition) is 6. The monoisotopic (exact) mass is 423 g/mol. The Morgan fingerprint density at radius 2 is 1.70 bits per heavy atom. The van der Waals surface area contributed by atoms with Gasteiger partial charge < -0.3 is 10.1 Å². The van der Waals surface area contributed by atoms with Gasteiger partial charge in [-0.25, -0.2) is 0 Å². The first-order valence-corrected chi connectivity index (χ1v) is 11.1. The van der Waals surface area contributed by atoms with Crippen LogP contribution in [-0.2, 0) is 9.53 Å². The number of aromatic nitrogens is 3. The van der Waals surface area contributed by atoms with Crippen molar-refractivity contribution >= 4 is 17.7 Å². The van der Waals surface area contributed by atoms with Crippen LogP contribution in [-0.4, -0.2) is 70.7 Å². The van der Waals surface area contributed by atoms with Crippen LogP contribution in [0.25, 0.3) is 17.1 Å². The number of ether oxygens (including phenoxy) is 1. The van der Waals surface area contributed by atoms with Crippen LogP contribution in [0, 0.1) is 0 Å². The lowest BCUT2D eigenvalue weighted by atomic mass is 10.2. The average molecular weight is 424 g/mol. The molecule has 0 bridgehead atoms. The van der Waals surface area contributed by atoms with E-state index in [2.05, 4.69) is 20.4 Å². The molecule has 1 N–H and O–H groups in total. The Morgan fingerprint density at radius 1 is 1.00 bits per heavy atom. The summed E-state index contributed by atoms with van der Waals surface area (Å²) in [4.78, 5) is 14.7. The number of para-hydroxylation sites is 1. The summed E-state index contributed by atoms with van der Waals surface area (Å²) in [6.45, 7) is 4.86. The zero-order valence-electron chi connectivity index (χ0n) is 16.7. The predicted octanol–water partition coefficient (Wildman–Crippen LogP) is 2.47. The van der Waals surface area contributed by atoms with Crippen LogP contribution in [0.3, 0.4) is 0 Å². The van der Waals surface area contributed by atoms with Crippen LogP contribution in [0.1, 0.15) is 0 Å². The van der Waals surface area contributed by atoms with Gasteiger partial charge in [0.1, 0.15) is 0 Å². The SMILES string of the molecule is O=C(CSc1nnc(-c2ccccc2)n1-c1ccccc1)NCCN1CCOCC1. The van der Waals surface area contributed by atoms with Crippen LogP contribution >= 0.6 is 11.8 Å². The van der Waals surface area contributed by atoms with Crippen LogP contribution < -0.4 is 5.32 Å². The maximum Gasteiger partial charge on any atom is 0.230 e. The van der Waals surface area contributed by atoms with E-state index in [1.54, 1.807) is 0 Å². The van der Waals surface area contributed by atoms with Crippen LogP contribution in [0.5, 0.6) is 0 Å². The molecule has 2 heterocycles. The smallest absolute Gasteiger partial charge is 0.230 e. The molecule has 1 aliphatic rings. The third-order valence-electron chi connectivity index (χ3n) is 4.87. The van der Waals surface area contributed by atoms with Gasteiger partial charge in [-0.1, -0.05) is 60.3 Å². The lowest BCUT2D eigenvalue weighted by molar-refractivity contribution is -0.118. The first kappa shape index (κ1) is 20.6. The summed E-state index contributed by atoms with van der Waals surface area (Å²) in [5.74, 6) is 1.05. The van der Waals surface area contributed by atoms with Gasteiger partial charge in [-0.2, -0.15) is 0 Å². The number of carbonyl (C=O) groups excluding carboxylic acids is 1. The molecule has 1 saturated heterocycles. The van der Waals surface area contributed by atoms with Gasteiger partial charge in [0.05, 0.1) is 19.0 Å². The molecule has 1 aliphatic heterocycles. The van der Waals surface area contributed by atoms with E-state index in [0.717, 1.165) is 49.9 Å². The molecule has 30 heavy (non-hydrogen) atoms. The van der Waals surface area contributed by atoms with Gasteiger partial charge >= 0.3 is 0 Å². The molecule has 1 fully saturated rings. The summed E-state index contributed by atoms with van der Waals surface area (Å²) in [6, 6.07) is 19.9. The lowest BCUT2D eigenvalue weighted by Crippen LogP contribution is -2.41. The first-order chi connectivity index (χ1) is 14.8. The number of nitrogens with one attached hydrogen (secondary N) is 1.